The van der Waals surface area contributed by atoms with E-state index in [9.17, 15) is 4.79 Å². The highest BCUT2D eigenvalue weighted by molar-refractivity contribution is 7.09. The number of amides is 1. The molecule has 3 atom stereocenters. The topological polar surface area (TPSA) is 77.2 Å². The van der Waals surface area contributed by atoms with Crippen molar-refractivity contribution in [2.75, 3.05) is 7.11 Å². The quantitative estimate of drug-likeness (QED) is 0.871. The third-order valence-corrected chi connectivity index (χ3v) is 4.85. The number of hydrogen-bond donors (Lipinski definition) is 2. The van der Waals surface area contributed by atoms with E-state index in [4.69, 9.17) is 10.5 Å². The molecule has 1 saturated carbocycles. The molecule has 0 saturated heterocycles. The zero-order chi connectivity index (χ0) is 14.5. The van der Waals surface area contributed by atoms with Gasteiger partial charge in [-0.05, 0) is 26.2 Å². The monoisotopic (exact) mass is 297 g/mol. The molecule has 0 aromatic carbocycles. The van der Waals surface area contributed by atoms with Gasteiger partial charge in [-0.25, -0.2) is 4.98 Å². The van der Waals surface area contributed by atoms with Gasteiger partial charge in [-0.2, -0.15) is 0 Å². The number of hydrogen-bond acceptors (Lipinski definition) is 5. The Balaban J connectivity index is 1.82. The lowest BCUT2D eigenvalue weighted by molar-refractivity contribution is -0.126. The van der Waals surface area contributed by atoms with Crippen LogP contribution in [-0.4, -0.2) is 24.0 Å². The van der Waals surface area contributed by atoms with Crippen LogP contribution in [-0.2, 0) is 16.1 Å². The SMILES string of the molecule is COC(C)c1nc(CNC(=O)C2CCCC(N)C2)cs1. The molecular formula is C14H23N3O2S. The first kappa shape index (κ1) is 15.4. The minimum absolute atomic E-state index is 0.000736. The van der Waals surface area contributed by atoms with E-state index in [1.165, 1.54) is 0 Å². The maximum absolute atomic E-state index is 12.1. The van der Waals surface area contributed by atoms with Crippen molar-refractivity contribution in [3.63, 3.8) is 0 Å². The van der Waals surface area contributed by atoms with Crippen LogP contribution in [0.3, 0.4) is 0 Å². The Hall–Kier alpha value is -0.980. The third kappa shape index (κ3) is 4.01. The lowest BCUT2D eigenvalue weighted by Crippen LogP contribution is -2.37. The molecule has 112 valence electrons. The van der Waals surface area contributed by atoms with Crippen LogP contribution in [0.4, 0.5) is 0 Å². The van der Waals surface area contributed by atoms with E-state index >= 15 is 0 Å². The molecule has 3 N–H and O–H groups in total. The van der Waals surface area contributed by atoms with Crippen molar-refractivity contribution in [2.45, 2.75) is 51.3 Å². The Morgan fingerprint density at radius 3 is 3.15 bits per heavy atom. The summed E-state index contributed by atoms with van der Waals surface area (Å²) in [5.74, 6) is 0.171. The van der Waals surface area contributed by atoms with Crippen molar-refractivity contribution in [1.82, 2.24) is 10.3 Å². The number of methoxy groups -OCH3 is 1. The standard InChI is InChI=1S/C14H23N3O2S/c1-9(19-2)14-17-12(8-20-14)7-16-13(18)10-4-3-5-11(15)6-10/h8-11H,3-7,15H2,1-2H3,(H,16,18). The molecule has 20 heavy (non-hydrogen) atoms. The number of nitrogens with zero attached hydrogens (tertiary/aromatic N) is 1. The van der Waals surface area contributed by atoms with Crippen LogP contribution in [0.2, 0.25) is 0 Å². The van der Waals surface area contributed by atoms with Gasteiger partial charge in [0.15, 0.2) is 0 Å². The van der Waals surface area contributed by atoms with E-state index in [1.807, 2.05) is 12.3 Å². The summed E-state index contributed by atoms with van der Waals surface area (Å²) >= 11 is 1.56. The summed E-state index contributed by atoms with van der Waals surface area (Å²) in [6.07, 6.45) is 3.83. The minimum atomic E-state index is 0.000736. The van der Waals surface area contributed by atoms with Crippen molar-refractivity contribution in [2.24, 2.45) is 11.7 Å². The molecule has 1 heterocycles. The van der Waals surface area contributed by atoms with Crippen LogP contribution in [0.25, 0.3) is 0 Å². The van der Waals surface area contributed by atoms with Crippen molar-refractivity contribution in [3.05, 3.63) is 16.1 Å². The van der Waals surface area contributed by atoms with Crippen molar-refractivity contribution < 1.29 is 9.53 Å². The maximum Gasteiger partial charge on any atom is 0.223 e. The van der Waals surface area contributed by atoms with Crippen LogP contribution < -0.4 is 11.1 Å². The maximum atomic E-state index is 12.1. The summed E-state index contributed by atoms with van der Waals surface area (Å²) in [5, 5.41) is 5.88. The first-order chi connectivity index (χ1) is 9.60. The van der Waals surface area contributed by atoms with Gasteiger partial charge in [0, 0.05) is 24.4 Å². The molecule has 1 aliphatic carbocycles. The number of nitrogens with one attached hydrogen (secondary N) is 1. The zero-order valence-corrected chi connectivity index (χ0v) is 12.9. The summed E-state index contributed by atoms with van der Waals surface area (Å²) < 4.78 is 5.23. The normalized spacial score (nSPS) is 24.4. The smallest absolute Gasteiger partial charge is 0.223 e. The number of carbonyl (C=O) groups excluding carboxylic acids is 1. The lowest BCUT2D eigenvalue weighted by Gasteiger charge is -2.25. The number of ether oxygens (including phenoxy) is 1. The van der Waals surface area contributed by atoms with Gasteiger partial charge in [0.05, 0.1) is 12.2 Å². The third-order valence-electron chi connectivity index (χ3n) is 3.80. The second-order valence-corrected chi connectivity index (χ2v) is 6.29. The van der Waals surface area contributed by atoms with Gasteiger partial charge >= 0.3 is 0 Å². The first-order valence-corrected chi connectivity index (χ1v) is 7.98. The lowest BCUT2D eigenvalue weighted by atomic mass is 9.85. The highest BCUT2D eigenvalue weighted by Gasteiger charge is 2.25. The highest BCUT2D eigenvalue weighted by Crippen LogP contribution is 2.23. The fourth-order valence-electron chi connectivity index (χ4n) is 2.48. The van der Waals surface area contributed by atoms with Gasteiger partial charge in [0.2, 0.25) is 5.91 Å². The molecule has 0 bridgehead atoms. The molecule has 2 rings (SSSR count). The second kappa shape index (κ2) is 7.15. The molecule has 6 heteroatoms. The molecule has 0 aliphatic heterocycles. The van der Waals surface area contributed by atoms with E-state index in [2.05, 4.69) is 10.3 Å². The molecule has 1 aliphatic rings. The zero-order valence-electron chi connectivity index (χ0n) is 12.1. The van der Waals surface area contributed by atoms with Gasteiger partial charge in [0.25, 0.3) is 0 Å². The van der Waals surface area contributed by atoms with Crippen molar-refractivity contribution >= 4 is 17.2 Å². The Labute approximate surface area is 123 Å². The molecular weight excluding hydrogens is 274 g/mol. The average Bonchev–Trinajstić information content (AvgIpc) is 2.92. The highest BCUT2D eigenvalue weighted by atomic mass is 32.1. The van der Waals surface area contributed by atoms with E-state index in [0.717, 1.165) is 36.4 Å². The van der Waals surface area contributed by atoms with Crippen LogP contribution in [0.5, 0.6) is 0 Å². The van der Waals surface area contributed by atoms with Gasteiger partial charge in [-0.15, -0.1) is 11.3 Å². The Kier molecular flexibility index (Phi) is 5.51. The predicted octanol–water partition coefficient (Wildman–Crippen LogP) is 1.98. The summed E-state index contributed by atoms with van der Waals surface area (Å²) in [7, 11) is 1.67. The largest absolute Gasteiger partial charge is 0.375 e. The van der Waals surface area contributed by atoms with Crippen LogP contribution in [0.1, 0.15) is 49.4 Å². The first-order valence-electron chi connectivity index (χ1n) is 7.10. The number of carbonyl (C=O) groups is 1. The van der Waals surface area contributed by atoms with Gasteiger partial charge in [0.1, 0.15) is 11.1 Å². The minimum Gasteiger partial charge on any atom is -0.375 e. The van der Waals surface area contributed by atoms with E-state index in [0.29, 0.717) is 6.54 Å². The summed E-state index contributed by atoms with van der Waals surface area (Å²) in [4.78, 5) is 16.6. The van der Waals surface area contributed by atoms with Crippen molar-refractivity contribution in [1.29, 1.82) is 0 Å². The number of rotatable bonds is 5. The van der Waals surface area contributed by atoms with Gasteiger partial charge in [-0.3, -0.25) is 4.79 Å². The molecule has 1 aromatic rings. The van der Waals surface area contributed by atoms with E-state index in [-0.39, 0.29) is 24.0 Å². The van der Waals surface area contributed by atoms with E-state index < -0.39 is 0 Å². The van der Waals surface area contributed by atoms with Crippen molar-refractivity contribution in [3.8, 4) is 0 Å². The Morgan fingerprint density at radius 1 is 1.65 bits per heavy atom. The summed E-state index contributed by atoms with van der Waals surface area (Å²) in [5.41, 5.74) is 6.81. The molecule has 1 aromatic heterocycles. The molecule has 1 fully saturated rings. The van der Waals surface area contributed by atoms with E-state index in [1.54, 1.807) is 18.4 Å². The van der Waals surface area contributed by atoms with Crippen LogP contribution in [0.15, 0.2) is 5.38 Å². The molecule has 5 nitrogen and oxygen atoms in total. The Bertz CT molecular complexity index is 449. The van der Waals surface area contributed by atoms with Crippen LogP contribution >= 0.6 is 11.3 Å². The number of nitrogens with two attached hydrogens (primary N) is 1. The molecule has 3 unspecified atom stereocenters. The number of aromatic nitrogens is 1. The summed E-state index contributed by atoms with van der Waals surface area (Å²) in [6.45, 7) is 2.45. The fourth-order valence-corrected chi connectivity index (χ4v) is 3.33. The average molecular weight is 297 g/mol. The summed E-state index contributed by atoms with van der Waals surface area (Å²) in [6, 6.07) is 0.174. The second-order valence-electron chi connectivity index (χ2n) is 5.40. The van der Waals surface area contributed by atoms with Crippen LogP contribution in [0, 0.1) is 5.92 Å². The predicted molar refractivity (Wildman–Crippen MR) is 79.3 cm³/mol. The fraction of sp³-hybridized carbons (Fsp3) is 0.714. The molecule has 0 spiro atoms. The molecule has 1 amide bonds. The molecule has 0 radical (unpaired) electrons. The van der Waals surface area contributed by atoms with Gasteiger partial charge < -0.3 is 15.8 Å². The van der Waals surface area contributed by atoms with Gasteiger partial charge in [-0.1, -0.05) is 6.42 Å². The number of thiazole rings is 1. The Morgan fingerprint density at radius 2 is 2.45 bits per heavy atom.